The number of carbonyl (C=O) groups is 1. The van der Waals surface area contributed by atoms with Gasteiger partial charge in [0.2, 0.25) is 5.91 Å². The largest absolute Gasteiger partial charge is 0.304 e. The van der Waals surface area contributed by atoms with E-state index < -0.39 is 0 Å². The highest BCUT2D eigenvalue weighted by atomic mass is 35.5. The van der Waals surface area contributed by atoms with Gasteiger partial charge in [-0.2, -0.15) is 0 Å². The normalized spacial score (nSPS) is 17.9. The number of rotatable bonds is 2. The number of piperazine rings is 1. The van der Waals surface area contributed by atoms with E-state index in [0.717, 1.165) is 26.2 Å². The van der Waals surface area contributed by atoms with Crippen LogP contribution in [0, 0.1) is 0 Å². The van der Waals surface area contributed by atoms with Gasteiger partial charge in [-0.25, -0.2) is 5.84 Å². The molecular weight excluding hydrogens is 227 g/mol. The van der Waals surface area contributed by atoms with Crippen LogP contribution in [0.1, 0.15) is 0 Å². The van der Waals surface area contributed by atoms with Gasteiger partial charge in [-0.3, -0.25) is 15.1 Å². The summed E-state index contributed by atoms with van der Waals surface area (Å²) >= 11 is 0. The molecule has 0 unspecified atom stereocenters. The molecule has 0 saturated carbocycles. The number of likely N-dealkylation sites (N-methyl/N-ethyl adjacent to an activating group) is 1. The summed E-state index contributed by atoms with van der Waals surface area (Å²) in [6.07, 6.45) is 0. The summed E-state index contributed by atoms with van der Waals surface area (Å²) in [6, 6.07) is 0. The predicted octanol–water partition coefficient (Wildman–Crippen LogP) is -0.933. The standard InChI is InChI=1S/C7H16N4O.2ClH/c1-10-2-4-11(5-3-10)6-7(12)9-8;;/h2-6,8H2,1H3,(H,9,12);2*1H. The molecule has 14 heavy (non-hydrogen) atoms. The van der Waals surface area contributed by atoms with E-state index in [1.165, 1.54) is 0 Å². The van der Waals surface area contributed by atoms with Gasteiger partial charge >= 0.3 is 0 Å². The maximum absolute atomic E-state index is 10.9. The molecule has 1 rings (SSSR count). The zero-order chi connectivity index (χ0) is 8.97. The summed E-state index contributed by atoms with van der Waals surface area (Å²) in [5.74, 6) is 4.87. The minimum absolute atomic E-state index is 0. The van der Waals surface area contributed by atoms with Gasteiger partial charge in [-0.15, -0.1) is 24.8 Å². The summed E-state index contributed by atoms with van der Waals surface area (Å²) in [5.41, 5.74) is 2.13. The van der Waals surface area contributed by atoms with Gasteiger partial charge in [0.1, 0.15) is 0 Å². The van der Waals surface area contributed by atoms with E-state index in [1.807, 2.05) is 0 Å². The molecule has 1 aliphatic rings. The molecule has 3 N–H and O–H groups in total. The molecule has 1 aliphatic heterocycles. The van der Waals surface area contributed by atoms with Crippen LogP contribution in [0.2, 0.25) is 0 Å². The van der Waals surface area contributed by atoms with Crippen molar-refractivity contribution < 1.29 is 4.79 Å². The van der Waals surface area contributed by atoms with E-state index in [0.29, 0.717) is 6.54 Å². The molecule has 0 aromatic rings. The molecule has 0 radical (unpaired) electrons. The van der Waals surface area contributed by atoms with Crippen molar-refractivity contribution in [3.05, 3.63) is 0 Å². The zero-order valence-corrected chi connectivity index (χ0v) is 9.87. The smallest absolute Gasteiger partial charge is 0.248 e. The van der Waals surface area contributed by atoms with Crippen LogP contribution in [0.5, 0.6) is 0 Å². The monoisotopic (exact) mass is 244 g/mol. The van der Waals surface area contributed by atoms with Crippen LogP contribution in [-0.4, -0.2) is 55.5 Å². The highest BCUT2D eigenvalue weighted by Crippen LogP contribution is 1.97. The second kappa shape index (κ2) is 8.26. The first-order valence-corrected chi connectivity index (χ1v) is 4.12. The van der Waals surface area contributed by atoms with Crippen molar-refractivity contribution in [3.8, 4) is 0 Å². The molecule has 86 valence electrons. The molecule has 5 nitrogen and oxygen atoms in total. The number of nitrogens with one attached hydrogen (secondary N) is 1. The average molecular weight is 245 g/mol. The fourth-order valence-corrected chi connectivity index (χ4v) is 1.25. The molecule has 1 fully saturated rings. The van der Waals surface area contributed by atoms with Crippen molar-refractivity contribution in [2.45, 2.75) is 0 Å². The van der Waals surface area contributed by atoms with Crippen LogP contribution in [0.3, 0.4) is 0 Å². The van der Waals surface area contributed by atoms with Crippen molar-refractivity contribution in [2.24, 2.45) is 5.84 Å². The van der Waals surface area contributed by atoms with E-state index >= 15 is 0 Å². The fraction of sp³-hybridized carbons (Fsp3) is 0.857. The molecule has 1 amide bonds. The molecule has 7 heteroatoms. The first-order chi connectivity index (χ1) is 5.72. The number of amides is 1. The lowest BCUT2D eigenvalue weighted by Gasteiger charge is -2.31. The van der Waals surface area contributed by atoms with Crippen LogP contribution in [0.25, 0.3) is 0 Å². The molecule has 0 aliphatic carbocycles. The third-order valence-corrected chi connectivity index (χ3v) is 2.12. The van der Waals surface area contributed by atoms with Crippen molar-refractivity contribution in [3.63, 3.8) is 0 Å². The Hall–Kier alpha value is -0.0700. The van der Waals surface area contributed by atoms with Gasteiger partial charge < -0.3 is 4.90 Å². The number of halogens is 2. The highest BCUT2D eigenvalue weighted by Gasteiger charge is 2.15. The van der Waals surface area contributed by atoms with Crippen molar-refractivity contribution >= 4 is 30.7 Å². The van der Waals surface area contributed by atoms with Crippen LogP contribution >= 0.6 is 24.8 Å². The van der Waals surface area contributed by atoms with Crippen LogP contribution < -0.4 is 11.3 Å². The van der Waals surface area contributed by atoms with Gasteiger partial charge in [0.25, 0.3) is 0 Å². The van der Waals surface area contributed by atoms with Crippen molar-refractivity contribution in [1.29, 1.82) is 0 Å². The summed E-state index contributed by atoms with van der Waals surface area (Å²) in [5, 5.41) is 0. The molecule has 0 atom stereocenters. The number of nitrogens with zero attached hydrogens (tertiary/aromatic N) is 2. The van der Waals surface area contributed by atoms with E-state index in [-0.39, 0.29) is 30.7 Å². The van der Waals surface area contributed by atoms with Gasteiger partial charge in [-0.1, -0.05) is 0 Å². The Morgan fingerprint density at radius 3 is 2.21 bits per heavy atom. The fourth-order valence-electron chi connectivity index (χ4n) is 1.25. The lowest BCUT2D eigenvalue weighted by molar-refractivity contribution is -0.122. The van der Waals surface area contributed by atoms with E-state index in [4.69, 9.17) is 5.84 Å². The Labute approximate surface area is 96.8 Å². The maximum Gasteiger partial charge on any atom is 0.248 e. The lowest BCUT2D eigenvalue weighted by Crippen LogP contribution is -2.49. The molecule has 1 heterocycles. The van der Waals surface area contributed by atoms with E-state index in [9.17, 15) is 4.79 Å². The number of hydrogen-bond donors (Lipinski definition) is 2. The third-order valence-electron chi connectivity index (χ3n) is 2.12. The SMILES string of the molecule is CN1CCN(CC(=O)NN)CC1.Cl.Cl. The van der Waals surface area contributed by atoms with Gasteiger partial charge in [0, 0.05) is 26.2 Å². The van der Waals surface area contributed by atoms with Crippen molar-refractivity contribution in [2.75, 3.05) is 39.8 Å². The Kier molecular flexibility index (Phi) is 9.65. The third kappa shape index (κ3) is 5.62. The molecule has 0 spiro atoms. The number of carbonyl (C=O) groups excluding carboxylic acids is 1. The zero-order valence-electron chi connectivity index (χ0n) is 8.23. The van der Waals surface area contributed by atoms with Gasteiger partial charge in [0.05, 0.1) is 6.54 Å². The second-order valence-electron chi connectivity index (χ2n) is 3.15. The topological polar surface area (TPSA) is 61.6 Å². The highest BCUT2D eigenvalue weighted by molar-refractivity contribution is 5.85. The summed E-state index contributed by atoms with van der Waals surface area (Å²) in [6.45, 7) is 4.37. The first kappa shape index (κ1) is 16.4. The quantitative estimate of drug-likeness (QED) is 0.375. The lowest BCUT2D eigenvalue weighted by atomic mass is 10.3. The van der Waals surface area contributed by atoms with Gasteiger partial charge in [-0.05, 0) is 7.05 Å². The average Bonchev–Trinajstić information content (AvgIpc) is 2.09. The first-order valence-electron chi connectivity index (χ1n) is 4.12. The Morgan fingerprint density at radius 1 is 1.29 bits per heavy atom. The number of hydrazine groups is 1. The summed E-state index contributed by atoms with van der Waals surface area (Å²) in [7, 11) is 2.08. The summed E-state index contributed by atoms with van der Waals surface area (Å²) < 4.78 is 0. The van der Waals surface area contributed by atoms with Crippen LogP contribution in [0.15, 0.2) is 0 Å². The number of hydrogen-bond acceptors (Lipinski definition) is 4. The number of nitrogens with two attached hydrogens (primary N) is 1. The Balaban J connectivity index is 0. The molecular formula is C7H18Cl2N4O. The Bertz CT molecular complexity index is 162. The second-order valence-corrected chi connectivity index (χ2v) is 3.15. The van der Waals surface area contributed by atoms with Crippen molar-refractivity contribution in [1.82, 2.24) is 15.2 Å². The molecule has 0 aromatic heterocycles. The minimum atomic E-state index is -0.112. The van der Waals surface area contributed by atoms with E-state index in [2.05, 4.69) is 22.3 Å². The van der Waals surface area contributed by atoms with E-state index in [1.54, 1.807) is 0 Å². The summed E-state index contributed by atoms with van der Waals surface area (Å²) in [4.78, 5) is 15.2. The predicted molar refractivity (Wildman–Crippen MR) is 60.8 cm³/mol. The molecule has 1 saturated heterocycles. The van der Waals surface area contributed by atoms with Crippen LogP contribution in [0.4, 0.5) is 0 Å². The minimum Gasteiger partial charge on any atom is -0.304 e. The molecule has 0 bridgehead atoms. The molecule has 0 aromatic carbocycles. The van der Waals surface area contributed by atoms with Gasteiger partial charge in [0.15, 0.2) is 0 Å². The maximum atomic E-state index is 10.9. The Morgan fingerprint density at radius 2 is 1.79 bits per heavy atom. The van der Waals surface area contributed by atoms with Crippen LogP contribution in [-0.2, 0) is 4.79 Å².